The number of aromatic nitrogens is 2. The molecule has 0 radical (unpaired) electrons. The Morgan fingerprint density at radius 3 is 2.67 bits per heavy atom. The normalized spacial score (nSPS) is 17.8. The lowest BCUT2D eigenvalue weighted by Crippen LogP contribution is -2.52. The van der Waals surface area contributed by atoms with Gasteiger partial charge in [0.15, 0.2) is 5.43 Å². The van der Waals surface area contributed by atoms with Crippen LogP contribution in [-0.2, 0) is 35.4 Å². The number of aryl methyl sites for hydroxylation is 1. The number of allylic oxidation sites excluding steroid dienone is 1. The molecule has 0 saturated heterocycles. The van der Waals surface area contributed by atoms with E-state index in [-0.39, 0.29) is 35.3 Å². The van der Waals surface area contributed by atoms with Gasteiger partial charge in [-0.25, -0.2) is 14.8 Å². The summed E-state index contributed by atoms with van der Waals surface area (Å²) in [5.74, 6) is 0.236. The van der Waals surface area contributed by atoms with Gasteiger partial charge in [0.25, 0.3) is 0 Å². The van der Waals surface area contributed by atoms with Crippen LogP contribution in [0.4, 0.5) is 11.6 Å². The molecule has 0 bridgehead atoms. The van der Waals surface area contributed by atoms with Gasteiger partial charge in [0.2, 0.25) is 0 Å². The minimum atomic E-state index is -1.09. The van der Waals surface area contributed by atoms with E-state index in [1.54, 1.807) is 50.6 Å². The Kier molecular flexibility index (Phi) is 9.59. The van der Waals surface area contributed by atoms with Crippen LogP contribution in [0.2, 0.25) is 0 Å². The van der Waals surface area contributed by atoms with Crippen molar-refractivity contribution in [1.82, 2.24) is 15.3 Å². The van der Waals surface area contributed by atoms with Gasteiger partial charge in [-0.1, -0.05) is 12.1 Å². The first-order valence-electron chi connectivity index (χ1n) is 15.1. The van der Waals surface area contributed by atoms with Gasteiger partial charge in [0.1, 0.15) is 58.2 Å². The van der Waals surface area contributed by atoms with E-state index >= 15 is 0 Å². The molecule has 0 saturated carbocycles. The average molecular weight is 630 g/mol. The molecule has 12 nitrogen and oxygen atoms in total. The van der Waals surface area contributed by atoms with Gasteiger partial charge in [0.05, 0.1) is 0 Å². The van der Waals surface area contributed by atoms with Crippen molar-refractivity contribution < 1.29 is 28.9 Å². The number of nitrogen functional groups attached to an aromatic ring is 2. The highest BCUT2D eigenvalue weighted by atomic mass is 16.6. The zero-order chi connectivity index (χ0) is 33.0. The zero-order valence-corrected chi connectivity index (χ0v) is 26.1. The SMILES string of the molecule is C/C=C(/CCNC)C(=O)O[C@@H]1Cc2c(c(Cc3ccnc(N)c3)c3oc(CO)cc(=O)c3c2O)O[C@@]1(C)CCc1ccc(N)nc1. The highest BCUT2D eigenvalue weighted by Crippen LogP contribution is 2.48. The van der Waals surface area contributed by atoms with Crippen molar-refractivity contribution in [3.63, 3.8) is 0 Å². The second kappa shape index (κ2) is 13.6. The number of carbonyl (C=O) groups is 1. The number of nitrogens with zero attached hydrogens (tertiary/aromatic N) is 2. The molecule has 0 aliphatic carbocycles. The molecule has 12 heteroatoms. The number of phenols is 1. The Bertz CT molecular complexity index is 1840. The van der Waals surface area contributed by atoms with Crippen LogP contribution in [0.5, 0.6) is 11.5 Å². The van der Waals surface area contributed by atoms with Gasteiger partial charge in [-0.2, -0.15) is 0 Å². The number of hydrogen-bond acceptors (Lipinski definition) is 12. The highest BCUT2D eigenvalue weighted by molar-refractivity contribution is 5.91. The van der Waals surface area contributed by atoms with Crippen LogP contribution in [0, 0.1) is 0 Å². The van der Waals surface area contributed by atoms with Crippen molar-refractivity contribution in [1.29, 1.82) is 0 Å². The second-order valence-corrected chi connectivity index (χ2v) is 11.6. The number of aliphatic hydroxyl groups is 1. The van der Waals surface area contributed by atoms with E-state index in [4.69, 9.17) is 25.4 Å². The molecular formula is C34H39N5O7. The maximum Gasteiger partial charge on any atom is 0.334 e. The zero-order valence-electron chi connectivity index (χ0n) is 26.1. The summed E-state index contributed by atoms with van der Waals surface area (Å²) in [6.45, 7) is 3.71. The van der Waals surface area contributed by atoms with Gasteiger partial charge in [0, 0.05) is 48.0 Å². The molecule has 4 heterocycles. The summed E-state index contributed by atoms with van der Waals surface area (Å²) in [5.41, 5.74) is 13.2. The van der Waals surface area contributed by atoms with Crippen LogP contribution in [0.25, 0.3) is 11.0 Å². The molecule has 2 atom stereocenters. The Morgan fingerprint density at radius 1 is 1.20 bits per heavy atom. The summed E-state index contributed by atoms with van der Waals surface area (Å²) >= 11 is 0. The highest BCUT2D eigenvalue weighted by Gasteiger charge is 2.46. The van der Waals surface area contributed by atoms with Crippen molar-refractivity contribution in [2.45, 2.75) is 64.3 Å². The number of aliphatic hydroxyl groups excluding tert-OH is 1. The van der Waals surface area contributed by atoms with Crippen molar-refractivity contribution in [3.05, 3.63) is 92.6 Å². The summed E-state index contributed by atoms with van der Waals surface area (Å²) < 4.78 is 19.0. The number of pyridine rings is 2. The average Bonchev–Trinajstić information content (AvgIpc) is 3.03. The predicted octanol–water partition coefficient (Wildman–Crippen LogP) is 3.33. The van der Waals surface area contributed by atoms with E-state index < -0.39 is 29.7 Å². The largest absolute Gasteiger partial charge is 0.507 e. The number of phenolic OH excluding ortho intramolecular Hbond substituents is 1. The number of nitrogens with two attached hydrogens (primary N) is 2. The lowest BCUT2D eigenvalue weighted by Gasteiger charge is -2.43. The lowest BCUT2D eigenvalue weighted by atomic mass is 9.82. The third-order valence-electron chi connectivity index (χ3n) is 8.39. The Balaban J connectivity index is 1.66. The summed E-state index contributed by atoms with van der Waals surface area (Å²) in [4.78, 5) is 35.0. The van der Waals surface area contributed by atoms with Gasteiger partial charge >= 0.3 is 5.97 Å². The quantitative estimate of drug-likeness (QED) is 0.120. The molecule has 7 N–H and O–H groups in total. The molecule has 0 fully saturated rings. The Morgan fingerprint density at radius 2 is 2.00 bits per heavy atom. The molecule has 0 amide bonds. The first kappa shape index (κ1) is 32.5. The summed E-state index contributed by atoms with van der Waals surface area (Å²) in [5, 5.41) is 24.4. The van der Waals surface area contributed by atoms with Crippen LogP contribution >= 0.6 is 0 Å². The van der Waals surface area contributed by atoms with E-state index in [9.17, 15) is 19.8 Å². The molecule has 1 aromatic carbocycles. The van der Waals surface area contributed by atoms with Crippen LogP contribution in [0.3, 0.4) is 0 Å². The molecule has 0 unspecified atom stereocenters. The molecule has 4 aromatic rings. The smallest absolute Gasteiger partial charge is 0.334 e. The van der Waals surface area contributed by atoms with Crippen LogP contribution in [0.1, 0.15) is 54.7 Å². The van der Waals surface area contributed by atoms with Crippen molar-refractivity contribution in [2.24, 2.45) is 0 Å². The number of benzene rings is 1. The Hall–Kier alpha value is -4.94. The van der Waals surface area contributed by atoms with Crippen molar-refractivity contribution in [2.75, 3.05) is 25.1 Å². The van der Waals surface area contributed by atoms with Crippen molar-refractivity contribution in [3.8, 4) is 11.5 Å². The summed E-state index contributed by atoms with van der Waals surface area (Å²) in [7, 11) is 1.80. The van der Waals surface area contributed by atoms with Crippen LogP contribution in [0.15, 0.2) is 63.6 Å². The molecule has 242 valence electrons. The third-order valence-corrected chi connectivity index (χ3v) is 8.39. The number of anilines is 2. The van der Waals surface area contributed by atoms with E-state index in [2.05, 4.69) is 15.3 Å². The van der Waals surface area contributed by atoms with Crippen molar-refractivity contribution >= 4 is 28.6 Å². The number of ether oxygens (including phenoxy) is 2. The predicted molar refractivity (Wildman–Crippen MR) is 173 cm³/mol. The molecule has 0 spiro atoms. The molecular weight excluding hydrogens is 590 g/mol. The molecule has 1 aliphatic heterocycles. The minimum Gasteiger partial charge on any atom is -0.507 e. The Labute approximate surface area is 266 Å². The molecule has 1 aliphatic rings. The monoisotopic (exact) mass is 629 g/mol. The molecule has 5 rings (SSSR count). The van der Waals surface area contributed by atoms with E-state index in [0.717, 1.165) is 17.2 Å². The van der Waals surface area contributed by atoms with Gasteiger partial charge in [-0.05, 0) is 76.0 Å². The van der Waals surface area contributed by atoms with E-state index in [0.29, 0.717) is 59.9 Å². The summed E-state index contributed by atoms with van der Waals surface area (Å²) in [6, 6.07) is 8.22. The van der Waals surface area contributed by atoms with E-state index in [1.807, 2.05) is 13.0 Å². The lowest BCUT2D eigenvalue weighted by molar-refractivity contribution is -0.159. The topological polar surface area (TPSA) is 196 Å². The van der Waals surface area contributed by atoms with Gasteiger partial charge < -0.3 is 40.9 Å². The first-order valence-corrected chi connectivity index (χ1v) is 15.1. The number of esters is 1. The van der Waals surface area contributed by atoms with Crippen LogP contribution in [-0.4, -0.2) is 51.4 Å². The number of rotatable bonds is 11. The number of carbonyl (C=O) groups excluding carboxylic acids is 1. The molecule has 3 aromatic heterocycles. The number of fused-ring (bicyclic) bond motifs is 2. The fourth-order valence-electron chi connectivity index (χ4n) is 5.77. The number of hydrogen-bond donors (Lipinski definition) is 5. The minimum absolute atomic E-state index is 0.0361. The second-order valence-electron chi connectivity index (χ2n) is 11.6. The number of aromatic hydroxyl groups is 1. The third kappa shape index (κ3) is 6.68. The fourth-order valence-corrected chi connectivity index (χ4v) is 5.77. The fraction of sp³-hybridized carbons (Fsp3) is 0.353. The number of nitrogens with one attached hydrogen (secondary N) is 1. The first-order chi connectivity index (χ1) is 22.1. The molecule has 46 heavy (non-hydrogen) atoms. The standard InChI is InChI=1S/C34H39N5O7/c1-4-21(9-11-37-3)33(43)45-26-16-23-30(42)29-25(41)15-22(18-40)44-32(29)24(13-20-8-12-38-28(36)14-20)31(23)46-34(26,2)10-7-19-5-6-27(35)39-17-19/h4-6,8,12,14-15,17,26,37,40,42H,7,9-11,13,16,18H2,1-3H3,(H2,35,39)(H2,36,38)/b21-4-/t26-,34+/m1/s1. The maximum absolute atomic E-state index is 13.5. The van der Waals surface area contributed by atoms with Gasteiger partial charge in [-0.3, -0.25) is 4.79 Å². The maximum atomic E-state index is 13.5. The van der Waals surface area contributed by atoms with E-state index in [1.165, 1.54) is 0 Å². The summed E-state index contributed by atoms with van der Waals surface area (Å²) in [6.07, 6.45) is 5.80. The van der Waals surface area contributed by atoms with Gasteiger partial charge in [-0.15, -0.1) is 0 Å². The van der Waals surface area contributed by atoms with Crippen LogP contribution < -0.4 is 26.9 Å².